The van der Waals surface area contributed by atoms with Crippen molar-refractivity contribution < 1.29 is 66.1 Å². The number of likely N-dealkylation sites (tertiary alicyclic amines) is 2. The number of rotatable bonds is 19. The Hall–Kier alpha value is -7.11. The van der Waals surface area contributed by atoms with Crippen molar-refractivity contribution in [3.05, 3.63) is 189 Å². The van der Waals surface area contributed by atoms with Crippen LogP contribution in [0.15, 0.2) is 135 Å². The number of halogens is 7. The topological polar surface area (TPSA) is 293 Å². The molecule has 0 bridgehead atoms. The van der Waals surface area contributed by atoms with Crippen LogP contribution in [0.25, 0.3) is 41.6 Å². The summed E-state index contributed by atoms with van der Waals surface area (Å²) in [7, 11) is -1.41. The number of ether oxygens (including phenoxy) is 3. The molecule has 5 N–H and O–H groups in total. The number of carbonyl (C=O) groups is 5. The zero-order valence-electron chi connectivity index (χ0n) is 81.0. The van der Waals surface area contributed by atoms with Crippen molar-refractivity contribution in [2.45, 2.75) is 267 Å². The number of nitriles is 1. The van der Waals surface area contributed by atoms with Crippen LogP contribution in [0.5, 0.6) is 0 Å². The second kappa shape index (κ2) is 47.0. The molecule has 9 heterocycles. The molecule has 5 amide bonds. The largest absolute Gasteiger partial charge is 0.494 e. The monoisotopic (exact) mass is 2160 g/mol. The maximum Gasteiger partial charge on any atom is 0.494 e. The first-order valence-corrected chi connectivity index (χ1v) is 50.9. The molecule has 15 rings (SSSR count). The summed E-state index contributed by atoms with van der Waals surface area (Å²) in [5.41, 5.74) is 5.12. The van der Waals surface area contributed by atoms with Gasteiger partial charge >= 0.3 is 39.4 Å². The maximum absolute atomic E-state index is 12.8. The van der Waals surface area contributed by atoms with Crippen molar-refractivity contribution in [1.82, 2.24) is 55.2 Å². The molecule has 0 atom stereocenters. The van der Waals surface area contributed by atoms with Crippen LogP contribution in [0.2, 0.25) is 20.1 Å². The molecule has 0 saturated carbocycles. The Bertz CT molecular complexity index is 5760. The van der Waals surface area contributed by atoms with Gasteiger partial charge in [0.1, 0.15) is 27.5 Å². The van der Waals surface area contributed by atoms with Crippen molar-refractivity contribution >= 4 is 204 Å². The van der Waals surface area contributed by atoms with Crippen molar-refractivity contribution in [1.29, 1.82) is 5.26 Å². The fraction of sp³-hybridized carbons (Fsp3) is 0.505. The summed E-state index contributed by atoms with van der Waals surface area (Å²) in [5, 5.41) is 24.9. The van der Waals surface area contributed by atoms with E-state index in [-0.39, 0.29) is 47.3 Å². The number of fused-ring (bicyclic) bond motifs is 6. The van der Waals surface area contributed by atoms with Gasteiger partial charge in [-0.25, -0.2) is 24.4 Å². The van der Waals surface area contributed by atoms with Crippen LogP contribution in [0, 0.1) is 11.3 Å². The molecular formula is C97H126B3Br3Cl4N12O14S2. The van der Waals surface area contributed by atoms with Gasteiger partial charge in [-0.15, -0.1) is 0 Å². The molecule has 4 aromatic heterocycles. The van der Waals surface area contributed by atoms with Gasteiger partial charge in [0, 0.05) is 85.8 Å². The van der Waals surface area contributed by atoms with Crippen LogP contribution in [0.1, 0.15) is 240 Å². The highest BCUT2D eigenvalue weighted by Crippen LogP contribution is 2.44. The lowest BCUT2D eigenvalue weighted by atomic mass is 9.49. The zero-order chi connectivity index (χ0) is 99.1. The molecule has 6 aromatic carbocycles. The van der Waals surface area contributed by atoms with Gasteiger partial charge in [0.05, 0.1) is 70.3 Å². The van der Waals surface area contributed by atoms with E-state index in [0.717, 1.165) is 110 Å². The van der Waals surface area contributed by atoms with Crippen molar-refractivity contribution in [3.63, 3.8) is 0 Å². The average molecular weight is 2160 g/mol. The normalized spacial score (nSPS) is 17.1. The van der Waals surface area contributed by atoms with Crippen LogP contribution in [0.3, 0.4) is 0 Å². The number of aromatic nitrogens is 4. The summed E-state index contributed by atoms with van der Waals surface area (Å²) < 4.78 is 60.3. The maximum atomic E-state index is 12.8. The van der Waals surface area contributed by atoms with Gasteiger partial charge in [-0.3, -0.25) is 18.4 Å². The molecule has 38 heteroatoms. The predicted molar refractivity (Wildman–Crippen MR) is 555 cm³/mol. The highest BCUT2D eigenvalue weighted by atomic mass is 79.9. The van der Waals surface area contributed by atoms with Gasteiger partial charge in [-0.1, -0.05) is 144 Å². The van der Waals surface area contributed by atoms with Crippen LogP contribution in [-0.4, -0.2) is 183 Å². The standard InChI is InChI=1S/C30H36ClN5O3S.C18H27BClNO4.C18H21BrN4OS.C12H24B2O4.C12H15BrClNO2.C7H3BrClN/c1-30(2,3)39-29(38)33-18-22-9-8-20(16-23(22)31)24-19-36-25-11-10-21(17-26(25)40-28(36)34-24)27(37)32-12-7-15-35-13-5-4-6-14-35;1-16(2,3)23-15(22)21-11-12-8-9-13(10-14(12)20)19-24-17(4,5)18(6,7)25-19;19-16-12-23-14-6-5-13(11-15(14)25-18(23)21-16)17(24)20-7-4-10-22-8-2-1-3-9-22;1-9(2)10(3,4)16-13(15-9)14-17-11(5,6)12(7,8)18-14;1-12(2,3)17-11(16)15-7-8-4-5-9(13)6-10(8)14;8-6-2-1-5(4-10)7(9)3-6/h8-11,16-17,19H,4-7,12-15,18H2,1-3H3,(H,32,37)(H,33,38);8-10H,11H2,1-7H3,(H,21,22);5-6,11-12H,1-4,7-10H2,(H,20,24);1-8H3;4-6H,7H2,1-3H3,(H,15,16);1-3H. The fourth-order valence-corrected chi connectivity index (χ4v) is 18.9. The van der Waals surface area contributed by atoms with Crippen molar-refractivity contribution in [2.24, 2.45) is 0 Å². The molecule has 5 aliphatic rings. The lowest BCUT2D eigenvalue weighted by Crippen LogP contribution is -2.41. The van der Waals surface area contributed by atoms with Gasteiger partial charge in [0.2, 0.25) is 0 Å². The average Bonchev–Trinajstić information content (AvgIpc) is 1.60. The second-order valence-corrected chi connectivity index (χ2v) is 45.9. The third-order valence-electron chi connectivity index (χ3n) is 23.7. The van der Waals surface area contributed by atoms with Gasteiger partial charge in [0.15, 0.2) is 9.92 Å². The van der Waals surface area contributed by atoms with E-state index >= 15 is 0 Å². The van der Waals surface area contributed by atoms with E-state index in [0.29, 0.717) is 49.9 Å². The lowest BCUT2D eigenvalue weighted by Gasteiger charge is -2.32. The smallest absolute Gasteiger partial charge is 0.444 e. The molecule has 5 fully saturated rings. The summed E-state index contributed by atoms with van der Waals surface area (Å²) >= 11 is 37.7. The third kappa shape index (κ3) is 31.7. The highest BCUT2D eigenvalue weighted by Gasteiger charge is 2.64. The highest BCUT2D eigenvalue weighted by molar-refractivity contribution is 9.11. The number of carbonyl (C=O) groups excluding carboxylic acids is 5. The Morgan fingerprint density at radius 2 is 0.822 bits per heavy atom. The molecule has 5 aliphatic heterocycles. The van der Waals surface area contributed by atoms with Gasteiger partial charge in [-0.05, 0) is 340 Å². The number of amides is 5. The zero-order valence-corrected chi connectivity index (χ0v) is 90.4. The number of nitrogens with one attached hydrogen (secondary N) is 5. The minimum Gasteiger partial charge on any atom is -0.444 e. The molecule has 0 spiro atoms. The summed E-state index contributed by atoms with van der Waals surface area (Å²) in [4.78, 5) is 76.3. The molecular weight excluding hydrogens is 2040 g/mol. The quantitative estimate of drug-likeness (QED) is 0.0285. The van der Waals surface area contributed by atoms with Crippen molar-refractivity contribution in [3.8, 4) is 17.3 Å². The number of nitrogens with zero attached hydrogens (tertiary/aromatic N) is 7. The number of hydrogen-bond donors (Lipinski definition) is 5. The van der Waals surface area contributed by atoms with Gasteiger partial charge in [0.25, 0.3) is 11.8 Å². The Balaban J connectivity index is 0.000000175. The molecule has 10 aromatic rings. The molecule has 5 saturated heterocycles. The van der Waals surface area contributed by atoms with Crippen LogP contribution in [-0.2, 0) is 61.8 Å². The second-order valence-electron chi connectivity index (χ2n) is 39.6. The Morgan fingerprint density at radius 3 is 1.21 bits per heavy atom. The molecule has 0 unspecified atom stereocenters. The Morgan fingerprint density at radius 1 is 0.452 bits per heavy atom. The number of alkyl carbamates (subject to hydrolysis) is 3. The summed E-state index contributed by atoms with van der Waals surface area (Å²) in [6, 6.07) is 35.5. The van der Waals surface area contributed by atoms with Gasteiger partial charge < -0.3 is 78.5 Å². The van der Waals surface area contributed by atoms with E-state index in [4.69, 9.17) is 98.8 Å². The van der Waals surface area contributed by atoms with Gasteiger partial charge in [-0.2, -0.15) is 5.26 Å². The summed E-state index contributed by atoms with van der Waals surface area (Å²) in [6.07, 6.45) is 12.4. The number of piperidine rings is 2. The SMILES string of the molecule is CC(C)(C)OC(=O)NCc1ccc(-c2cn3c(n2)sc2cc(C(=O)NCCCN4CCCCC4)ccc23)cc1Cl.CC(C)(C)OC(=O)NCc1ccc(B2OC(C)(C)C(C)(C)O2)cc1Cl.CC(C)(C)OC(=O)NCc1ccc(Br)cc1Cl.CC1(C)OB(B2OC(C)(C)C(C)(C)O2)OC1(C)C.N#Cc1ccc(Br)cc1Cl.O=C(NCCCN1CCCCC1)c1ccc2c(c1)sc1nc(Br)cn12. The van der Waals surface area contributed by atoms with Crippen LogP contribution < -0.4 is 32.0 Å². The van der Waals surface area contributed by atoms with E-state index in [2.05, 4.69) is 89.2 Å². The molecule has 0 aliphatic carbocycles. The van der Waals surface area contributed by atoms with E-state index in [1.165, 1.54) is 64.7 Å². The first kappa shape index (κ1) is 110. The molecule has 728 valence electrons. The number of hydrogen-bond acceptors (Lipinski definition) is 21. The van der Waals surface area contributed by atoms with E-state index in [9.17, 15) is 24.0 Å². The third-order valence-corrected chi connectivity index (χ3v) is 28.5. The Kier molecular flexibility index (Phi) is 38.2. The number of thiazole rings is 2. The number of benzene rings is 6. The lowest BCUT2D eigenvalue weighted by molar-refractivity contribution is 0.00578. The van der Waals surface area contributed by atoms with E-state index in [1.807, 2.05) is 258 Å². The number of imidazole rings is 2. The first-order chi connectivity index (χ1) is 63.1. The molecule has 26 nitrogen and oxygen atoms in total. The molecule has 135 heavy (non-hydrogen) atoms. The van der Waals surface area contributed by atoms with Crippen LogP contribution in [0.4, 0.5) is 14.4 Å². The first-order valence-electron chi connectivity index (χ1n) is 45.4. The minimum absolute atomic E-state index is 0.00719. The van der Waals surface area contributed by atoms with Crippen LogP contribution >= 0.6 is 117 Å². The van der Waals surface area contributed by atoms with E-state index < -0.39 is 67.4 Å². The van der Waals surface area contributed by atoms with Crippen molar-refractivity contribution in [2.75, 3.05) is 52.4 Å². The molecule has 0 radical (unpaired) electrons. The fourth-order valence-electron chi connectivity index (χ4n) is 14.3. The Labute approximate surface area is 848 Å². The summed E-state index contributed by atoms with van der Waals surface area (Å²) in [6.45, 7) is 49.8. The van der Waals surface area contributed by atoms with E-state index in [1.54, 1.807) is 46.9 Å². The minimum atomic E-state index is -0.559. The summed E-state index contributed by atoms with van der Waals surface area (Å²) in [5.74, 6) is -0.0315. The predicted octanol–water partition coefficient (Wildman–Crippen LogP) is 23.4.